The van der Waals surface area contributed by atoms with Gasteiger partial charge in [0.25, 0.3) is 0 Å². The highest BCUT2D eigenvalue weighted by Crippen LogP contribution is 2.21. The molecule has 2 rings (SSSR count). The molecule has 2 unspecified atom stereocenters. The summed E-state index contributed by atoms with van der Waals surface area (Å²) >= 11 is 0. The monoisotopic (exact) mass is 353 g/mol. The highest BCUT2D eigenvalue weighted by molar-refractivity contribution is 5.83. The summed E-state index contributed by atoms with van der Waals surface area (Å²) in [5, 5.41) is 3.17. The van der Waals surface area contributed by atoms with E-state index in [1.165, 1.54) is 11.1 Å². The molecule has 1 amide bonds. The molecule has 0 saturated heterocycles. The number of aryl methyl sites for hydroxylation is 1. The van der Waals surface area contributed by atoms with Gasteiger partial charge in [-0.2, -0.15) is 0 Å². The maximum Gasteiger partial charge on any atom is 0.242 e. The first-order valence-corrected chi connectivity index (χ1v) is 9.20. The van der Waals surface area contributed by atoms with Gasteiger partial charge in [-0.15, -0.1) is 0 Å². The Kier molecular flexibility index (Phi) is 7.37. The number of carbonyl (C=O) groups is 1. The lowest BCUT2D eigenvalue weighted by molar-refractivity contribution is -0.126. The van der Waals surface area contributed by atoms with Crippen molar-refractivity contribution >= 4 is 5.91 Å². The van der Waals surface area contributed by atoms with Gasteiger partial charge in [0.2, 0.25) is 5.91 Å². The second-order valence-corrected chi connectivity index (χ2v) is 7.02. The fraction of sp³-hybridized carbons (Fsp3) is 0.409. The molecule has 0 aliphatic rings. The van der Waals surface area contributed by atoms with Crippen molar-refractivity contribution in [2.24, 2.45) is 0 Å². The maximum absolute atomic E-state index is 13.0. The summed E-state index contributed by atoms with van der Waals surface area (Å²) < 4.78 is 0. The molecule has 0 saturated carbocycles. The SMILES string of the molecule is CCN(C)C(C(=O)NCC(c1ccc(C)cc1)N(C)C)c1ccccc1. The van der Waals surface area contributed by atoms with Gasteiger partial charge in [-0.25, -0.2) is 0 Å². The molecule has 26 heavy (non-hydrogen) atoms. The van der Waals surface area contributed by atoms with E-state index in [-0.39, 0.29) is 18.0 Å². The van der Waals surface area contributed by atoms with Crippen molar-refractivity contribution in [3.8, 4) is 0 Å². The van der Waals surface area contributed by atoms with Gasteiger partial charge in [0.1, 0.15) is 6.04 Å². The summed E-state index contributed by atoms with van der Waals surface area (Å²) in [4.78, 5) is 17.2. The van der Waals surface area contributed by atoms with Crippen LogP contribution in [0.3, 0.4) is 0 Å². The number of amides is 1. The van der Waals surface area contributed by atoms with E-state index < -0.39 is 0 Å². The van der Waals surface area contributed by atoms with Crippen LogP contribution in [-0.2, 0) is 4.79 Å². The van der Waals surface area contributed by atoms with Crippen molar-refractivity contribution in [1.29, 1.82) is 0 Å². The van der Waals surface area contributed by atoms with Gasteiger partial charge in [0, 0.05) is 6.54 Å². The first-order valence-electron chi connectivity index (χ1n) is 9.20. The highest BCUT2D eigenvalue weighted by Gasteiger charge is 2.25. The molecule has 0 fully saturated rings. The number of nitrogens with one attached hydrogen (secondary N) is 1. The fourth-order valence-corrected chi connectivity index (χ4v) is 3.11. The van der Waals surface area contributed by atoms with E-state index in [0.717, 1.165) is 12.1 Å². The van der Waals surface area contributed by atoms with Crippen molar-refractivity contribution in [3.63, 3.8) is 0 Å². The van der Waals surface area contributed by atoms with Gasteiger partial charge in [-0.05, 0) is 45.7 Å². The minimum Gasteiger partial charge on any atom is -0.353 e. The van der Waals surface area contributed by atoms with E-state index in [9.17, 15) is 4.79 Å². The second-order valence-electron chi connectivity index (χ2n) is 7.02. The Labute approximate surface area is 157 Å². The summed E-state index contributed by atoms with van der Waals surface area (Å²) in [5.41, 5.74) is 3.47. The van der Waals surface area contributed by atoms with Crippen LogP contribution in [0.1, 0.15) is 35.7 Å². The number of likely N-dealkylation sites (N-methyl/N-ethyl adjacent to an activating group) is 2. The average Bonchev–Trinajstić information content (AvgIpc) is 2.64. The van der Waals surface area contributed by atoms with Crippen LogP contribution in [0.25, 0.3) is 0 Å². The molecule has 140 valence electrons. The van der Waals surface area contributed by atoms with E-state index in [4.69, 9.17) is 0 Å². The Hall–Kier alpha value is -2.17. The minimum atomic E-state index is -0.276. The zero-order chi connectivity index (χ0) is 19.1. The number of hydrogen-bond donors (Lipinski definition) is 1. The average molecular weight is 354 g/mol. The van der Waals surface area contributed by atoms with E-state index in [1.807, 2.05) is 51.5 Å². The molecule has 0 radical (unpaired) electrons. The molecule has 2 aromatic carbocycles. The van der Waals surface area contributed by atoms with Gasteiger partial charge < -0.3 is 10.2 Å². The summed E-state index contributed by atoms with van der Waals surface area (Å²) in [7, 11) is 6.08. The quantitative estimate of drug-likeness (QED) is 0.790. The smallest absolute Gasteiger partial charge is 0.242 e. The molecule has 0 heterocycles. The van der Waals surface area contributed by atoms with Crippen molar-refractivity contribution < 1.29 is 4.79 Å². The predicted molar refractivity (Wildman–Crippen MR) is 108 cm³/mol. The molecule has 1 N–H and O–H groups in total. The standard InChI is InChI=1S/C22H31N3O/c1-6-25(5)21(19-10-8-7-9-11-19)22(26)23-16-20(24(3)4)18-14-12-17(2)13-15-18/h7-15,20-21H,6,16H2,1-5H3,(H,23,26). The van der Waals surface area contributed by atoms with Gasteiger partial charge >= 0.3 is 0 Å². The third kappa shape index (κ3) is 5.16. The van der Waals surface area contributed by atoms with Gasteiger partial charge in [0.05, 0.1) is 6.04 Å². The third-order valence-corrected chi connectivity index (χ3v) is 4.86. The molecule has 0 aliphatic carbocycles. The Morgan fingerprint density at radius 1 is 0.962 bits per heavy atom. The van der Waals surface area contributed by atoms with Crippen LogP contribution in [0.5, 0.6) is 0 Å². The summed E-state index contributed by atoms with van der Waals surface area (Å²) in [6, 6.07) is 18.3. The van der Waals surface area contributed by atoms with Crippen LogP contribution >= 0.6 is 0 Å². The molecule has 2 aromatic rings. The zero-order valence-electron chi connectivity index (χ0n) is 16.6. The lowest BCUT2D eigenvalue weighted by atomic mass is 10.0. The molecule has 4 nitrogen and oxygen atoms in total. The molecule has 0 aliphatic heterocycles. The Morgan fingerprint density at radius 2 is 1.58 bits per heavy atom. The van der Waals surface area contributed by atoms with Crippen LogP contribution in [-0.4, -0.2) is 49.9 Å². The summed E-state index contributed by atoms with van der Waals surface area (Å²) in [6.07, 6.45) is 0. The first kappa shape index (κ1) is 20.1. The molecular weight excluding hydrogens is 322 g/mol. The minimum absolute atomic E-state index is 0.0412. The van der Waals surface area contributed by atoms with E-state index in [1.54, 1.807) is 0 Å². The second kappa shape index (κ2) is 9.51. The Morgan fingerprint density at radius 3 is 2.12 bits per heavy atom. The van der Waals surface area contributed by atoms with Crippen molar-refractivity contribution in [2.75, 3.05) is 34.2 Å². The number of nitrogens with zero attached hydrogens (tertiary/aromatic N) is 2. The van der Waals surface area contributed by atoms with Gasteiger partial charge in [-0.3, -0.25) is 9.69 Å². The molecule has 0 bridgehead atoms. The number of carbonyl (C=O) groups excluding carboxylic acids is 1. The van der Waals surface area contributed by atoms with E-state index >= 15 is 0 Å². The van der Waals surface area contributed by atoms with E-state index in [0.29, 0.717) is 6.54 Å². The van der Waals surface area contributed by atoms with Crippen molar-refractivity contribution in [3.05, 3.63) is 71.3 Å². The van der Waals surface area contributed by atoms with Crippen LogP contribution in [0.15, 0.2) is 54.6 Å². The van der Waals surface area contributed by atoms with Crippen LogP contribution in [0.2, 0.25) is 0 Å². The van der Waals surface area contributed by atoms with Gasteiger partial charge in [0.15, 0.2) is 0 Å². The van der Waals surface area contributed by atoms with Gasteiger partial charge in [-0.1, -0.05) is 67.1 Å². The summed E-state index contributed by atoms with van der Waals surface area (Å²) in [6.45, 7) is 5.54. The Balaban J connectivity index is 2.13. The normalized spacial score (nSPS) is 13.7. The maximum atomic E-state index is 13.0. The topological polar surface area (TPSA) is 35.6 Å². The molecule has 0 aromatic heterocycles. The van der Waals surface area contributed by atoms with Crippen molar-refractivity contribution in [1.82, 2.24) is 15.1 Å². The van der Waals surface area contributed by atoms with Crippen molar-refractivity contribution in [2.45, 2.75) is 25.9 Å². The highest BCUT2D eigenvalue weighted by atomic mass is 16.2. The third-order valence-electron chi connectivity index (χ3n) is 4.86. The molecule has 0 spiro atoms. The number of rotatable bonds is 8. The lowest BCUT2D eigenvalue weighted by Crippen LogP contribution is -2.42. The first-order chi connectivity index (χ1) is 12.4. The predicted octanol–water partition coefficient (Wildman–Crippen LogP) is 3.41. The number of hydrogen-bond acceptors (Lipinski definition) is 3. The number of benzene rings is 2. The Bertz CT molecular complexity index is 682. The fourth-order valence-electron chi connectivity index (χ4n) is 3.11. The molecular formula is C22H31N3O. The van der Waals surface area contributed by atoms with Crippen LogP contribution in [0.4, 0.5) is 0 Å². The molecule has 2 atom stereocenters. The van der Waals surface area contributed by atoms with E-state index in [2.05, 4.69) is 53.2 Å². The largest absolute Gasteiger partial charge is 0.353 e. The van der Waals surface area contributed by atoms with Crippen LogP contribution < -0.4 is 5.32 Å². The zero-order valence-corrected chi connectivity index (χ0v) is 16.6. The molecule has 4 heteroatoms. The lowest BCUT2D eigenvalue weighted by Gasteiger charge is -2.29. The summed E-state index contributed by atoms with van der Waals surface area (Å²) in [5.74, 6) is 0.0412. The van der Waals surface area contributed by atoms with Crippen LogP contribution in [0, 0.1) is 6.92 Å².